The van der Waals surface area contributed by atoms with Crippen molar-refractivity contribution >= 4 is 23.0 Å². The topological polar surface area (TPSA) is 103 Å². The molecule has 5 aliphatic rings. The fourth-order valence-electron chi connectivity index (χ4n) is 6.56. The molecule has 3 aromatic rings. The number of Topliss-reactive ketones (excluding diaryl/α,β-unsaturated/α-hetero) is 1. The van der Waals surface area contributed by atoms with E-state index in [9.17, 15) is 9.59 Å². The van der Waals surface area contributed by atoms with Crippen molar-refractivity contribution < 1.29 is 14.3 Å². The minimum atomic E-state index is 0.0230. The Labute approximate surface area is 215 Å². The van der Waals surface area contributed by atoms with Crippen molar-refractivity contribution in [3.05, 3.63) is 46.8 Å². The SMILES string of the molecule is Cc1c[nH]c2ncc(-c3cc4c(c([C@@H]5COCCN5)c3)CN(C(=O)N3CC5CCC3CC5=O)CC4)nc12. The summed E-state index contributed by atoms with van der Waals surface area (Å²) in [5.41, 5.74) is 8.29. The van der Waals surface area contributed by atoms with Gasteiger partial charge in [0, 0.05) is 56.3 Å². The highest BCUT2D eigenvalue weighted by molar-refractivity contribution is 5.86. The molecule has 8 rings (SSSR count). The molecule has 3 atom stereocenters. The number of nitrogens with zero attached hydrogens (tertiary/aromatic N) is 4. The normalized spacial score (nSPS) is 25.5. The number of benzene rings is 1. The zero-order chi connectivity index (χ0) is 25.1. The lowest BCUT2D eigenvalue weighted by atomic mass is 9.79. The predicted octanol–water partition coefficient (Wildman–Crippen LogP) is 3.13. The first-order valence-electron chi connectivity index (χ1n) is 13.4. The first-order valence-corrected chi connectivity index (χ1v) is 13.4. The maximum absolute atomic E-state index is 13.6. The Kier molecular flexibility index (Phi) is 5.51. The summed E-state index contributed by atoms with van der Waals surface area (Å²) in [6.07, 6.45) is 6.94. The molecule has 37 heavy (non-hydrogen) atoms. The molecule has 3 saturated heterocycles. The molecule has 192 valence electrons. The predicted molar refractivity (Wildman–Crippen MR) is 138 cm³/mol. The second-order valence-corrected chi connectivity index (χ2v) is 10.9. The maximum Gasteiger partial charge on any atom is 0.320 e. The number of aromatic amines is 1. The number of carbonyl (C=O) groups excluding carboxylic acids is 2. The van der Waals surface area contributed by atoms with E-state index in [1.807, 2.05) is 29.1 Å². The number of ketones is 1. The van der Waals surface area contributed by atoms with E-state index in [-0.39, 0.29) is 24.0 Å². The van der Waals surface area contributed by atoms with Gasteiger partial charge >= 0.3 is 6.03 Å². The van der Waals surface area contributed by atoms with Crippen molar-refractivity contribution in [2.45, 2.75) is 51.2 Å². The molecule has 4 fully saturated rings. The number of rotatable bonds is 2. The number of morpholine rings is 1. The number of amides is 2. The molecule has 2 bridgehead atoms. The van der Waals surface area contributed by atoms with E-state index in [0.29, 0.717) is 45.1 Å². The van der Waals surface area contributed by atoms with Crippen molar-refractivity contribution in [1.82, 2.24) is 30.1 Å². The molecule has 2 unspecified atom stereocenters. The largest absolute Gasteiger partial charge is 0.378 e. The third-order valence-corrected chi connectivity index (χ3v) is 8.66. The van der Waals surface area contributed by atoms with Gasteiger partial charge in [-0.1, -0.05) is 0 Å². The number of carbonyl (C=O) groups is 2. The van der Waals surface area contributed by atoms with Gasteiger partial charge in [0.15, 0.2) is 5.65 Å². The highest BCUT2D eigenvalue weighted by atomic mass is 16.5. The Morgan fingerprint density at radius 1 is 1.24 bits per heavy atom. The van der Waals surface area contributed by atoms with E-state index in [1.54, 1.807) is 0 Å². The highest BCUT2D eigenvalue weighted by Gasteiger charge is 2.43. The monoisotopic (exact) mass is 500 g/mol. The first kappa shape index (κ1) is 22.9. The molecule has 1 saturated carbocycles. The molecular weight excluding hydrogens is 468 g/mol. The number of aryl methyl sites for hydroxylation is 1. The minimum Gasteiger partial charge on any atom is -0.378 e. The first-order chi connectivity index (χ1) is 18.0. The number of hydrogen-bond acceptors (Lipinski definition) is 6. The molecule has 1 aromatic carbocycles. The number of H-pyrrole nitrogens is 1. The van der Waals surface area contributed by atoms with Gasteiger partial charge in [-0.3, -0.25) is 4.79 Å². The van der Waals surface area contributed by atoms with Gasteiger partial charge in [0.05, 0.1) is 31.1 Å². The number of urea groups is 1. The van der Waals surface area contributed by atoms with E-state index < -0.39 is 0 Å². The van der Waals surface area contributed by atoms with Crippen LogP contribution in [0.5, 0.6) is 0 Å². The molecule has 4 aliphatic heterocycles. The molecule has 6 heterocycles. The van der Waals surface area contributed by atoms with Crippen LogP contribution in [0.2, 0.25) is 0 Å². The van der Waals surface area contributed by atoms with Gasteiger partial charge in [0.25, 0.3) is 0 Å². The number of piperidine rings is 2. The number of nitrogens with one attached hydrogen (secondary N) is 2. The molecule has 2 amide bonds. The van der Waals surface area contributed by atoms with Gasteiger partial charge in [0.2, 0.25) is 0 Å². The van der Waals surface area contributed by atoms with Crippen LogP contribution in [0.15, 0.2) is 24.5 Å². The van der Waals surface area contributed by atoms with E-state index in [4.69, 9.17) is 9.72 Å². The van der Waals surface area contributed by atoms with Crippen LogP contribution in [-0.4, -0.2) is 75.5 Å². The summed E-state index contributed by atoms with van der Waals surface area (Å²) in [7, 11) is 0. The summed E-state index contributed by atoms with van der Waals surface area (Å²) in [4.78, 5) is 42.5. The number of aromatic nitrogens is 3. The number of fused-ring (bicyclic) bond motifs is 5. The summed E-state index contributed by atoms with van der Waals surface area (Å²) in [5.74, 6) is 0.355. The smallest absolute Gasteiger partial charge is 0.320 e. The van der Waals surface area contributed by atoms with Crippen LogP contribution in [-0.2, 0) is 22.5 Å². The Bertz CT molecular complexity index is 1390. The summed E-state index contributed by atoms with van der Waals surface area (Å²) in [6, 6.07) is 4.64. The van der Waals surface area contributed by atoms with Crippen LogP contribution >= 0.6 is 0 Å². The standard InChI is InChI=1S/C28H32N6O3/c1-16-11-30-27-26(16)32-23(12-31-27)19-8-17-4-6-33(14-22(17)21(9-19)24-15-37-7-5-29-24)28(36)34-13-18-2-3-20(34)10-25(18)35/h8-9,11-12,18,20,24,29H,2-7,10,13-15H2,1H3,(H,30,31)/t18?,20?,24-/m0/s1. The fraction of sp³-hybridized carbons (Fsp3) is 0.500. The maximum atomic E-state index is 13.6. The van der Waals surface area contributed by atoms with E-state index in [1.165, 1.54) is 16.7 Å². The van der Waals surface area contributed by atoms with E-state index >= 15 is 0 Å². The molecule has 2 aromatic heterocycles. The molecular formula is C28H32N6O3. The Balaban J connectivity index is 1.23. The van der Waals surface area contributed by atoms with Crippen LogP contribution in [0.3, 0.4) is 0 Å². The molecule has 0 spiro atoms. The third-order valence-electron chi connectivity index (χ3n) is 8.66. The van der Waals surface area contributed by atoms with Crippen molar-refractivity contribution in [2.24, 2.45) is 5.92 Å². The van der Waals surface area contributed by atoms with Gasteiger partial charge in [-0.25, -0.2) is 14.8 Å². The second-order valence-electron chi connectivity index (χ2n) is 10.9. The minimum absolute atomic E-state index is 0.0230. The van der Waals surface area contributed by atoms with Gasteiger partial charge in [-0.05, 0) is 60.6 Å². The average molecular weight is 501 g/mol. The summed E-state index contributed by atoms with van der Waals surface area (Å²) < 4.78 is 5.83. The van der Waals surface area contributed by atoms with Gasteiger partial charge in [-0.2, -0.15) is 0 Å². The molecule has 9 nitrogen and oxygen atoms in total. The zero-order valence-electron chi connectivity index (χ0n) is 21.1. The summed E-state index contributed by atoms with van der Waals surface area (Å²) in [6.45, 7) is 5.96. The van der Waals surface area contributed by atoms with Gasteiger partial charge < -0.3 is 24.8 Å². The second kappa shape index (κ2) is 8.92. The van der Waals surface area contributed by atoms with Crippen molar-refractivity contribution in [3.63, 3.8) is 0 Å². The third kappa shape index (κ3) is 3.92. The average Bonchev–Trinajstić information content (AvgIpc) is 3.32. The Hall–Kier alpha value is -3.30. The van der Waals surface area contributed by atoms with Gasteiger partial charge in [-0.15, -0.1) is 0 Å². The van der Waals surface area contributed by atoms with E-state index in [0.717, 1.165) is 53.8 Å². The van der Waals surface area contributed by atoms with Crippen molar-refractivity contribution in [2.75, 3.05) is 32.8 Å². The quantitative estimate of drug-likeness (QED) is 0.561. The lowest BCUT2D eigenvalue weighted by Gasteiger charge is -2.46. The summed E-state index contributed by atoms with van der Waals surface area (Å²) in [5, 5.41) is 3.62. The van der Waals surface area contributed by atoms with Crippen molar-refractivity contribution in [3.8, 4) is 11.3 Å². The lowest BCUT2D eigenvalue weighted by Crippen LogP contribution is -2.58. The van der Waals surface area contributed by atoms with Crippen LogP contribution in [0.4, 0.5) is 4.79 Å². The van der Waals surface area contributed by atoms with Crippen LogP contribution < -0.4 is 5.32 Å². The van der Waals surface area contributed by atoms with Crippen molar-refractivity contribution in [1.29, 1.82) is 0 Å². The zero-order valence-corrected chi connectivity index (χ0v) is 21.1. The number of hydrogen-bond donors (Lipinski definition) is 2. The van der Waals surface area contributed by atoms with E-state index in [2.05, 4.69) is 27.4 Å². The van der Waals surface area contributed by atoms with Crippen LogP contribution in [0.1, 0.15) is 47.6 Å². The highest BCUT2D eigenvalue weighted by Crippen LogP contribution is 2.36. The summed E-state index contributed by atoms with van der Waals surface area (Å²) >= 11 is 0. The lowest BCUT2D eigenvalue weighted by molar-refractivity contribution is -0.131. The number of ether oxygens (including phenoxy) is 1. The fourth-order valence-corrected chi connectivity index (χ4v) is 6.56. The molecule has 1 aliphatic carbocycles. The van der Waals surface area contributed by atoms with Crippen LogP contribution in [0.25, 0.3) is 22.4 Å². The molecule has 0 radical (unpaired) electrons. The molecule has 9 heteroatoms. The molecule has 2 N–H and O–H groups in total. The Morgan fingerprint density at radius 2 is 2.16 bits per heavy atom. The van der Waals surface area contributed by atoms with Gasteiger partial charge in [0.1, 0.15) is 11.3 Å². The Morgan fingerprint density at radius 3 is 2.95 bits per heavy atom. The van der Waals surface area contributed by atoms with Crippen LogP contribution in [0, 0.1) is 12.8 Å².